The molecule has 0 radical (unpaired) electrons. The minimum absolute atomic E-state index is 0.440. The Morgan fingerprint density at radius 3 is 1.87 bits per heavy atom. The Labute approximate surface area is 97.2 Å². The fourth-order valence-electron chi connectivity index (χ4n) is 2.46. The van der Waals surface area contributed by atoms with Gasteiger partial charge in [0, 0.05) is 0 Å². The molecule has 3 atom stereocenters. The number of hydrogen-bond donors (Lipinski definition) is 0. The third-order valence-electron chi connectivity index (χ3n) is 4.58. The monoisotopic (exact) mass is 210 g/mol. The van der Waals surface area contributed by atoms with Crippen molar-refractivity contribution in [2.75, 3.05) is 0 Å². The maximum absolute atomic E-state index is 3.99. The van der Waals surface area contributed by atoms with E-state index >= 15 is 0 Å². The number of allylic oxidation sites excluding steroid dienone is 1. The van der Waals surface area contributed by atoms with Crippen LogP contribution in [0.5, 0.6) is 0 Å². The summed E-state index contributed by atoms with van der Waals surface area (Å²) >= 11 is 0. The summed E-state index contributed by atoms with van der Waals surface area (Å²) in [6.07, 6.45) is 3.40. The molecule has 0 nitrogen and oxygen atoms in total. The third-order valence-corrected chi connectivity index (χ3v) is 4.58. The zero-order valence-electron chi connectivity index (χ0n) is 11.8. The Hall–Kier alpha value is -0.260. The van der Waals surface area contributed by atoms with E-state index in [0.29, 0.717) is 17.3 Å². The van der Waals surface area contributed by atoms with Crippen LogP contribution in [0.4, 0.5) is 0 Å². The second-order valence-electron chi connectivity index (χ2n) is 6.05. The molecule has 0 rings (SSSR count). The van der Waals surface area contributed by atoms with Crippen LogP contribution in [-0.4, -0.2) is 0 Å². The predicted octanol–water partition coefficient (Wildman–Crippen LogP) is 5.15. The average molecular weight is 210 g/mol. The van der Waals surface area contributed by atoms with E-state index in [1.165, 1.54) is 6.42 Å². The van der Waals surface area contributed by atoms with Crippen molar-refractivity contribution >= 4 is 0 Å². The first-order chi connectivity index (χ1) is 6.77. The molecule has 0 fully saturated rings. The molecule has 0 saturated heterocycles. The summed E-state index contributed by atoms with van der Waals surface area (Å²) in [6, 6.07) is 0. The standard InChI is InChI=1S/C15H30/c1-9-14(11(3)4)12(5)13(6)15(7,8)10-2/h9,11-14H,1,10H2,2-8H3. The summed E-state index contributed by atoms with van der Waals surface area (Å²) < 4.78 is 0. The Morgan fingerprint density at radius 2 is 1.60 bits per heavy atom. The van der Waals surface area contributed by atoms with Gasteiger partial charge in [-0.3, -0.25) is 0 Å². The molecule has 0 heterocycles. The summed E-state index contributed by atoms with van der Waals surface area (Å²) in [6.45, 7) is 20.4. The zero-order chi connectivity index (χ0) is 12.2. The van der Waals surface area contributed by atoms with Crippen LogP contribution >= 0.6 is 0 Å². The Bertz CT molecular complexity index is 188. The van der Waals surface area contributed by atoms with Gasteiger partial charge in [-0.15, -0.1) is 6.58 Å². The van der Waals surface area contributed by atoms with Crippen molar-refractivity contribution in [2.24, 2.45) is 29.1 Å². The van der Waals surface area contributed by atoms with Crippen LogP contribution < -0.4 is 0 Å². The highest BCUT2D eigenvalue weighted by molar-refractivity contribution is 4.90. The van der Waals surface area contributed by atoms with Crippen molar-refractivity contribution in [3.8, 4) is 0 Å². The summed E-state index contributed by atoms with van der Waals surface area (Å²) in [5, 5.41) is 0. The minimum atomic E-state index is 0.440. The largest absolute Gasteiger partial charge is 0.103 e. The van der Waals surface area contributed by atoms with E-state index in [4.69, 9.17) is 0 Å². The van der Waals surface area contributed by atoms with Gasteiger partial charge in [-0.1, -0.05) is 61.0 Å². The molecule has 0 aromatic heterocycles. The Balaban J connectivity index is 4.68. The van der Waals surface area contributed by atoms with Crippen molar-refractivity contribution in [1.29, 1.82) is 0 Å². The first kappa shape index (κ1) is 14.7. The molecule has 0 amide bonds. The van der Waals surface area contributed by atoms with Gasteiger partial charge >= 0.3 is 0 Å². The molecule has 0 aromatic rings. The number of hydrogen-bond acceptors (Lipinski definition) is 0. The normalized spacial score (nSPS) is 18.7. The molecule has 0 spiro atoms. The van der Waals surface area contributed by atoms with Gasteiger partial charge in [-0.25, -0.2) is 0 Å². The third kappa shape index (κ3) is 3.66. The molecule has 90 valence electrons. The molecule has 0 heteroatoms. The molecule has 0 N–H and O–H groups in total. The van der Waals surface area contributed by atoms with Crippen molar-refractivity contribution < 1.29 is 0 Å². The summed E-state index contributed by atoms with van der Waals surface area (Å²) in [7, 11) is 0. The zero-order valence-corrected chi connectivity index (χ0v) is 11.8. The predicted molar refractivity (Wildman–Crippen MR) is 70.9 cm³/mol. The van der Waals surface area contributed by atoms with Gasteiger partial charge < -0.3 is 0 Å². The maximum atomic E-state index is 3.99. The van der Waals surface area contributed by atoms with Crippen LogP contribution in [0.3, 0.4) is 0 Å². The highest BCUT2D eigenvalue weighted by Crippen LogP contribution is 2.40. The van der Waals surface area contributed by atoms with E-state index in [2.05, 4.69) is 61.1 Å². The highest BCUT2D eigenvalue weighted by Gasteiger charge is 2.32. The van der Waals surface area contributed by atoms with Crippen LogP contribution in [0.2, 0.25) is 0 Å². The Morgan fingerprint density at radius 1 is 1.13 bits per heavy atom. The van der Waals surface area contributed by atoms with Gasteiger partial charge in [-0.05, 0) is 29.1 Å². The van der Waals surface area contributed by atoms with Gasteiger partial charge in [-0.2, -0.15) is 0 Å². The van der Waals surface area contributed by atoms with E-state index in [1.807, 2.05) is 0 Å². The molecule has 3 unspecified atom stereocenters. The molecular formula is C15H30. The highest BCUT2D eigenvalue weighted by atomic mass is 14.4. The van der Waals surface area contributed by atoms with E-state index < -0.39 is 0 Å². The second-order valence-corrected chi connectivity index (χ2v) is 6.05. The van der Waals surface area contributed by atoms with Gasteiger partial charge in [0.15, 0.2) is 0 Å². The first-order valence-corrected chi connectivity index (χ1v) is 6.40. The Kier molecular flexibility index (Phi) is 5.62. The SMILES string of the molecule is C=CC(C(C)C)C(C)C(C)C(C)(C)CC. The van der Waals surface area contributed by atoms with Crippen molar-refractivity contribution in [3.05, 3.63) is 12.7 Å². The van der Waals surface area contributed by atoms with Crippen molar-refractivity contribution in [1.82, 2.24) is 0 Å². The molecule has 0 aliphatic heterocycles. The topological polar surface area (TPSA) is 0 Å². The van der Waals surface area contributed by atoms with Gasteiger partial charge in [0.2, 0.25) is 0 Å². The quantitative estimate of drug-likeness (QED) is 0.532. The molecule has 0 aliphatic rings. The fraction of sp³-hybridized carbons (Fsp3) is 0.867. The van der Waals surface area contributed by atoms with Crippen LogP contribution in [0.1, 0.15) is 54.9 Å². The smallest absolute Gasteiger partial charge is 0.0185 e. The fourth-order valence-corrected chi connectivity index (χ4v) is 2.46. The molecule has 0 bridgehead atoms. The summed E-state index contributed by atoms with van der Waals surface area (Å²) in [5.74, 6) is 2.81. The first-order valence-electron chi connectivity index (χ1n) is 6.40. The number of rotatable bonds is 6. The van der Waals surface area contributed by atoms with E-state index in [1.54, 1.807) is 0 Å². The lowest BCUT2D eigenvalue weighted by Crippen LogP contribution is -2.31. The van der Waals surface area contributed by atoms with Crippen LogP contribution in [0.25, 0.3) is 0 Å². The lowest BCUT2D eigenvalue weighted by atomic mass is 9.66. The molecule has 0 saturated carbocycles. The molecular weight excluding hydrogens is 180 g/mol. The molecule has 15 heavy (non-hydrogen) atoms. The maximum Gasteiger partial charge on any atom is -0.0185 e. The molecule has 0 aliphatic carbocycles. The summed E-state index contributed by atoms with van der Waals surface area (Å²) in [4.78, 5) is 0. The lowest BCUT2D eigenvalue weighted by Gasteiger charge is -2.39. The van der Waals surface area contributed by atoms with Gasteiger partial charge in [0.1, 0.15) is 0 Å². The van der Waals surface area contributed by atoms with Crippen LogP contribution in [-0.2, 0) is 0 Å². The summed E-state index contributed by atoms with van der Waals surface area (Å²) in [5.41, 5.74) is 0.440. The minimum Gasteiger partial charge on any atom is -0.103 e. The van der Waals surface area contributed by atoms with Crippen molar-refractivity contribution in [3.63, 3.8) is 0 Å². The van der Waals surface area contributed by atoms with Gasteiger partial charge in [0.05, 0.1) is 0 Å². The van der Waals surface area contributed by atoms with E-state index in [0.717, 1.165) is 11.8 Å². The molecule has 0 aromatic carbocycles. The van der Waals surface area contributed by atoms with Gasteiger partial charge in [0.25, 0.3) is 0 Å². The van der Waals surface area contributed by atoms with Crippen LogP contribution in [0, 0.1) is 29.1 Å². The lowest BCUT2D eigenvalue weighted by molar-refractivity contribution is 0.117. The second kappa shape index (κ2) is 5.72. The van der Waals surface area contributed by atoms with Crippen LogP contribution in [0.15, 0.2) is 12.7 Å². The van der Waals surface area contributed by atoms with Crippen molar-refractivity contribution in [2.45, 2.75) is 54.9 Å². The van der Waals surface area contributed by atoms with E-state index in [-0.39, 0.29) is 0 Å². The van der Waals surface area contributed by atoms with E-state index in [9.17, 15) is 0 Å². The average Bonchev–Trinajstić information content (AvgIpc) is 2.16.